The first-order chi connectivity index (χ1) is 8.25. The Kier molecular flexibility index (Phi) is 3.98. The molecule has 0 saturated carbocycles. The Morgan fingerprint density at radius 2 is 2.18 bits per heavy atom. The van der Waals surface area contributed by atoms with Gasteiger partial charge in [0.1, 0.15) is 0 Å². The fourth-order valence-corrected chi connectivity index (χ4v) is 1.91. The van der Waals surface area contributed by atoms with Crippen molar-refractivity contribution in [3.63, 3.8) is 0 Å². The van der Waals surface area contributed by atoms with Gasteiger partial charge in [0.25, 0.3) is 0 Å². The first-order valence-corrected chi connectivity index (χ1v) is 5.92. The summed E-state index contributed by atoms with van der Waals surface area (Å²) >= 11 is 0. The molecule has 1 saturated heterocycles. The van der Waals surface area contributed by atoms with E-state index in [1.807, 2.05) is 12.1 Å². The van der Waals surface area contributed by atoms with E-state index in [1.165, 1.54) is 12.6 Å². The summed E-state index contributed by atoms with van der Waals surface area (Å²) in [5.41, 5.74) is 2.33. The van der Waals surface area contributed by atoms with Crippen molar-refractivity contribution in [2.24, 2.45) is 0 Å². The molecule has 0 bridgehead atoms. The molecule has 17 heavy (non-hydrogen) atoms. The summed E-state index contributed by atoms with van der Waals surface area (Å²) in [5, 5.41) is 2.81. The first-order valence-electron chi connectivity index (χ1n) is 5.92. The van der Waals surface area contributed by atoms with E-state index in [2.05, 4.69) is 22.3 Å². The van der Waals surface area contributed by atoms with Gasteiger partial charge in [0.05, 0.1) is 13.2 Å². The Balaban J connectivity index is 2.02. The molecule has 1 amide bonds. The van der Waals surface area contributed by atoms with E-state index in [1.54, 1.807) is 0 Å². The van der Waals surface area contributed by atoms with Crippen LogP contribution >= 0.6 is 0 Å². The highest BCUT2D eigenvalue weighted by Crippen LogP contribution is 2.17. The number of nitrogens with zero attached hydrogens (tertiary/aromatic N) is 1. The van der Waals surface area contributed by atoms with Gasteiger partial charge in [-0.3, -0.25) is 4.79 Å². The van der Waals surface area contributed by atoms with E-state index in [4.69, 9.17) is 4.74 Å². The van der Waals surface area contributed by atoms with Crippen molar-refractivity contribution < 1.29 is 9.53 Å². The second-order valence-electron chi connectivity index (χ2n) is 4.18. The zero-order valence-corrected chi connectivity index (χ0v) is 10.1. The molecule has 0 radical (unpaired) electrons. The zero-order valence-electron chi connectivity index (χ0n) is 10.1. The van der Waals surface area contributed by atoms with Crippen LogP contribution in [0.3, 0.4) is 0 Å². The maximum Gasteiger partial charge on any atom is 0.217 e. The molecule has 1 N–H and O–H groups in total. The molecule has 4 nitrogen and oxygen atoms in total. The average molecular weight is 234 g/mol. The lowest BCUT2D eigenvalue weighted by atomic mass is 10.2. The van der Waals surface area contributed by atoms with E-state index in [0.29, 0.717) is 6.54 Å². The van der Waals surface area contributed by atoms with Gasteiger partial charge in [0, 0.05) is 32.2 Å². The first kappa shape index (κ1) is 11.9. The van der Waals surface area contributed by atoms with Gasteiger partial charge < -0.3 is 15.0 Å². The van der Waals surface area contributed by atoms with Gasteiger partial charge >= 0.3 is 0 Å². The number of rotatable bonds is 3. The van der Waals surface area contributed by atoms with Gasteiger partial charge in [0.15, 0.2) is 0 Å². The number of carbonyl (C=O) groups is 1. The molecular formula is C13H18N2O2. The summed E-state index contributed by atoms with van der Waals surface area (Å²) in [6, 6.07) is 8.28. The molecule has 0 spiro atoms. The summed E-state index contributed by atoms with van der Waals surface area (Å²) in [4.78, 5) is 13.2. The third-order valence-electron chi connectivity index (χ3n) is 2.83. The predicted molar refractivity (Wildman–Crippen MR) is 67.0 cm³/mol. The molecule has 0 aromatic heterocycles. The molecule has 0 aliphatic carbocycles. The monoisotopic (exact) mass is 234 g/mol. The van der Waals surface area contributed by atoms with Crippen LogP contribution < -0.4 is 10.2 Å². The van der Waals surface area contributed by atoms with Crippen molar-refractivity contribution in [3.05, 3.63) is 29.8 Å². The Morgan fingerprint density at radius 3 is 2.88 bits per heavy atom. The molecule has 1 aromatic carbocycles. The molecule has 1 aliphatic heterocycles. The maximum atomic E-state index is 10.9. The normalized spacial score (nSPS) is 15.7. The van der Waals surface area contributed by atoms with E-state index in [0.717, 1.165) is 31.9 Å². The topological polar surface area (TPSA) is 41.6 Å². The van der Waals surface area contributed by atoms with Crippen LogP contribution in [-0.4, -0.2) is 32.2 Å². The molecule has 0 atom stereocenters. The fraction of sp³-hybridized carbons (Fsp3) is 0.462. The van der Waals surface area contributed by atoms with Gasteiger partial charge in [-0.15, -0.1) is 0 Å². The molecule has 1 aromatic rings. The maximum absolute atomic E-state index is 10.9. The number of anilines is 1. The van der Waals surface area contributed by atoms with Crippen LogP contribution in [0.15, 0.2) is 24.3 Å². The van der Waals surface area contributed by atoms with E-state index >= 15 is 0 Å². The van der Waals surface area contributed by atoms with E-state index in [9.17, 15) is 4.79 Å². The highest BCUT2D eigenvalue weighted by Gasteiger charge is 2.11. The number of morpholine rings is 1. The van der Waals surface area contributed by atoms with Crippen molar-refractivity contribution >= 4 is 11.6 Å². The third kappa shape index (κ3) is 3.46. The molecule has 2 rings (SSSR count). The molecule has 0 unspecified atom stereocenters. The van der Waals surface area contributed by atoms with Crippen LogP contribution in [-0.2, 0) is 16.1 Å². The number of benzene rings is 1. The average Bonchev–Trinajstić information content (AvgIpc) is 2.38. The summed E-state index contributed by atoms with van der Waals surface area (Å²) in [5.74, 6) is 0.00164. The van der Waals surface area contributed by atoms with Crippen LogP contribution in [0.1, 0.15) is 12.5 Å². The lowest BCUT2D eigenvalue weighted by Gasteiger charge is -2.29. The fourth-order valence-electron chi connectivity index (χ4n) is 1.91. The minimum absolute atomic E-state index is 0.00164. The molecule has 4 heteroatoms. The molecule has 1 heterocycles. The Morgan fingerprint density at radius 1 is 1.41 bits per heavy atom. The Labute approximate surface area is 102 Å². The van der Waals surface area contributed by atoms with Crippen molar-refractivity contribution in [1.29, 1.82) is 0 Å². The van der Waals surface area contributed by atoms with Gasteiger partial charge in [-0.25, -0.2) is 0 Å². The van der Waals surface area contributed by atoms with E-state index < -0.39 is 0 Å². The SMILES string of the molecule is CC(=O)NCc1cccc(N2CCOCC2)c1. The standard InChI is InChI=1S/C13H18N2O2/c1-11(16)14-10-12-3-2-4-13(9-12)15-5-7-17-8-6-15/h2-4,9H,5-8,10H2,1H3,(H,14,16). The molecule has 1 aliphatic rings. The third-order valence-corrected chi connectivity index (χ3v) is 2.83. The molecule has 92 valence electrons. The Bertz CT molecular complexity index is 387. The summed E-state index contributed by atoms with van der Waals surface area (Å²) in [6.45, 7) is 5.57. The molecule has 1 fully saturated rings. The minimum Gasteiger partial charge on any atom is -0.378 e. The van der Waals surface area contributed by atoms with Crippen molar-refractivity contribution in [2.45, 2.75) is 13.5 Å². The van der Waals surface area contributed by atoms with Crippen LogP contribution in [0, 0.1) is 0 Å². The van der Waals surface area contributed by atoms with Crippen LogP contribution in [0.2, 0.25) is 0 Å². The highest BCUT2D eigenvalue weighted by molar-refractivity contribution is 5.72. The summed E-state index contributed by atoms with van der Waals surface area (Å²) in [7, 11) is 0. The van der Waals surface area contributed by atoms with Gasteiger partial charge in [-0.05, 0) is 17.7 Å². The number of amides is 1. The van der Waals surface area contributed by atoms with Gasteiger partial charge in [0.2, 0.25) is 5.91 Å². The summed E-state index contributed by atoms with van der Waals surface area (Å²) < 4.78 is 5.33. The van der Waals surface area contributed by atoms with Crippen molar-refractivity contribution in [1.82, 2.24) is 5.32 Å². The Hall–Kier alpha value is -1.55. The lowest BCUT2D eigenvalue weighted by molar-refractivity contribution is -0.119. The second-order valence-corrected chi connectivity index (χ2v) is 4.18. The van der Waals surface area contributed by atoms with Gasteiger partial charge in [-0.2, -0.15) is 0 Å². The number of ether oxygens (including phenoxy) is 1. The second kappa shape index (κ2) is 5.68. The smallest absolute Gasteiger partial charge is 0.217 e. The quantitative estimate of drug-likeness (QED) is 0.853. The van der Waals surface area contributed by atoms with Crippen LogP contribution in [0.4, 0.5) is 5.69 Å². The number of nitrogens with one attached hydrogen (secondary N) is 1. The number of hydrogen-bond donors (Lipinski definition) is 1. The number of carbonyl (C=O) groups excluding carboxylic acids is 1. The minimum atomic E-state index is 0.00164. The van der Waals surface area contributed by atoms with E-state index in [-0.39, 0.29) is 5.91 Å². The van der Waals surface area contributed by atoms with Crippen LogP contribution in [0.5, 0.6) is 0 Å². The lowest BCUT2D eigenvalue weighted by Crippen LogP contribution is -2.36. The largest absolute Gasteiger partial charge is 0.378 e. The zero-order chi connectivity index (χ0) is 12.1. The van der Waals surface area contributed by atoms with Crippen LogP contribution in [0.25, 0.3) is 0 Å². The predicted octanol–water partition coefficient (Wildman–Crippen LogP) is 1.16. The van der Waals surface area contributed by atoms with Gasteiger partial charge in [-0.1, -0.05) is 12.1 Å². The molecular weight excluding hydrogens is 216 g/mol. The number of hydrogen-bond acceptors (Lipinski definition) is 3. The summed E-state index contributed by atoms with van der Waals surface area (Å²) in [6.07, 6.45) is 0. The van der Waals surface area contributed by atoms with Crippen molar-refractivity contribution in [2.75, 3.05) is 31.2 Å². The highest BCUT2D eigenvalue weighted by atomic mass is 16.5. The van der Waals surface area contributed by atoms with Crippen molar-refractivity contribution in [3.8, 4) is 0 Å².